The average molecular weight is 420 g/mol. The Morgan fingerprint density at radius 1 is 0.968 bits per heavy atom. The van der Waals surface area contributed by atoms with Crippen LogP contribution < -0.4 is 14.5 Å². The van der Waals surface area contributed by atoms with Crippen LogP contribution in [0.5, 0.6) is 5.75 Å². The van der Waals surface area contributed by atoms with Gasteiger partial charge in [0.05, 0.1) is 18.5 Å². The minimum absolute atomic E-state index is 0.684. The monoisotopic (exact) mass is 419 g/mol. The molecular formula is C27H37N3O. The van der Waals surface area contributed by atoms with E-state index in [0.717, 1.165) is 12.2 Å². The highest BCUT2D eigenvalue weighted by molar-refractivity contribution is 5.79. The fourth-order valence-corrected chi connectivity index (χ4v) is 6.14. The number of fused-ring (bicyclic) bond motifs is 3. The second kappa shape index (κ2) is 9.12. The highest BCUT2D eigenvalue weighted by Gasteiger charge is 2.43. The van der Waals surface area contributed by atoms with Crippen LogP contribution in [0.25, 0.3) is 0 Å². The number of anilines is 2. The van der Waals surface area contributed by atoms with Crippen molar-refractivity contribution in [3.05, 3.63) is 53.6 Å². The second-order valence-electron chi connectivity index (χ2n) is 9.57. The first-order chi connectivity index (χ1) is 15.3. The van der Waals surface area contributed by atoms with Crippen LogP contribution >= 0.6 is 0 Å². The summed E-state index contributed by atoms with van der Waals surface area (Å²) in [4.78, 5) is 7.97. The molecule has 0 amide bonds. The molecule has 3 aliphatic rings. The molecule has 4 heteroatoms. The zero-order valence-electron chi connectivity index (χ0n) is 19.2. The molecule has 2 aromatic rings. The van der Waals surface area contributed by atoms with Gasteiger partial charge in [-0.2, -0.15) is 0 Å². The molecule has 0 saturated carbocycles. The third-order valence-electron chi connectivity index (χ3n) is 7.71. The quantitative estimate of drug-likeness (QED) is 0.593. The molecule has 0 aromatic heterocycles. The summed E-state index contributed by atoms with van der Waals surface area (Å²) < 4.78 is 5.50. The summed E-state index contributed by atoms with van der Waals surface area (Å²) in [6.07, 6.45) is 7.53. The van der Waals surface area contributed by atoms with Gasteiger partial charge in [-0.05, 0) is 61.9 Å². The van der Waals surface area contributed by atoms with Crippen LogP contribution in [0, 0.1) is 0 Å². The lowest BCUT2D eigenvalue weighted by molar-refractivity contribution is 0.190. The lowest BCUT2D eigenvalue weighted by atomic mass is 9.88. The molecule has 1 fully saturated rings. The van der Waals surface area contributed by atoms with Crippen LogP contribution in [-0.2, 0) is 6.42 Å². The van der Waals surface area contributed by atoms with Gasteiger partial charge in [0.2, 0.25) is 0 Å². The molecule has 4 nitrogen and oxygen atoms in total. The van der Waals surface area contributed by atoms with E-state index in [1.54, 1.807) is 18.4 Å². The van der Waals surface area contributed by atoms with Gasteiger partial charge in [0.1, 0.15) is 5.75 Å². The number of likely N-dealkylation sites (tertiary alicyclic amines) is 1. The van der Waals surface area contributed by atoms with E-state index < -0.39 is 0 Å². The number of aryl methyl sites for hydroxylation is 1. The van der Waals surface area contributed by atoms with Gasteiger partial charge in [0.25, 0.3) is 0 Å². The molecule has 0 N–H and O–H groups in total. The van der Waals surface area contributed by atoms with Crippen LogP contribution in [0.2, 0.25) is 0 Å². The van der Waals surface area contributed by atoms with Crippen molar-refractivity contribution in [1.29, 1.82) is 0 Å². The van der Waals surface area contributed by atoms with Crippen LogP contribution in [-0.4, -0.2) is 57.8 Å². The van der Waals surface area contributed by atoms with Crippen LogP contribution in [0.3, 0.4) is 0 Å². The zero-order valence-corrected chi connectivity index (χ0v) is 19.2. The number of rotatable bonds is 7. The molecule has 0 spiro atoms. The molecule has 1 saturated heterocycles. The Kier molecular flexibility index (Phi) is 6.08. The Bertz CT molecular complexity index is 898. The predicted molar refractivity (Wildman–Crippen MR) is 130 cm³/mol. The van der Waals surface area contributed by atoms with E-state index in [4.69, 9.17) is 4.74 Å². The molecule has 0 aliphatic carbocycles. The molecule has 2 aromatic carbocycles. The summed E-state index contributed by atoms with van der Waals surface area (Å²) in [5.41, 5.74) is 5.95. The number of piperidine rings is 1. The van der Waals surface area contributed by atoms with Crippen molar-refractivity contribution in [1.82, 2.24) is 4.90 Å². The van der Waals surface area contributed by atoms with Gasteiger partial charge >= 0.3 is 0 Å². The Balaban J connectivity index is 1.16. The molecule has 5 rings (SSSR count). The Labute approximate surface area is 187 Å². The number of benzene rings is 2. The van der Waals surface area contributed by atoms with Gasteiger partial charge in [-0.3, -0.25) is 0 Å². The maximum absolute atomic E-state index is 5.50. The van der Waals surface area contributed by atoms with E-state index in [1.807, 2.05) is 0 Å². The van der Waals surface area contributed by atoms with Crippen molar-refractivity contribution in [2.75, 3.05) is 56.7 Å². The number of nitrogens with zero attached hydrogens (tertiary/aromatic N) is 3. The van der Waals surface area contributed by atoms with E-state index in [2.05, 4.69) is 64.2 Å². The first kappa shape index (κ1) is 20.7. The number of ether oxygens (including phenoxy) is 1. The first-order valence-electron chi connectivity index (χ1n) is 12.2. The molecular weight excluding hydrogens is 382 g/mol. The minimum atomic E-state index is 0.684. The van der Waals surface area contributed by atoms with Gasteiger partial charge in [0, 0.05) is 45.2 Å². The van der Waals surface area contributed by atoms with Crippen LogP contribution in [0.4, 0.5) is 11.4 Å². The molecule has 0 radical (unpaired) electrons. The predicted octanol–water partition coefficient (Wildman–Crippen LogP) is 4.93. The van der Waals surface area contributed by atoms with Crippen molar-refractivity contribution in [2.24, 2.45) is 0 Å². The Hall–Kier alpha value is -2.20. The highest BCUT2D eigenvalue weighted by Crippen LogP contribution is 2.49. The van der Waals surface area contributed by atoms with Crippen molar-refractivity contribution >= 4 is 11.4 Å². The van der Waals surface area contributed by atoms with E-state index in [-0.39, 0.29) is 0 Å². The number of unbranched alkanes of at least 4 members (excludes halogenated alkanes) is 2. The third kappa shape index (κ3) is 4.03. The van der Waals surface area contributed by atoms with Gasteiger partial charge in [-0.15, -0.1) is 0 Å². The lowest BCUT2D eigenvalue weighted by Gasteiger charge is -2.39. The number of hydrogen-bond acceptors (Lipinski definition) is 4. The van der Waals surface area contributed by atoms with Crippen molar-refractivity contribution in [2.45, 2.75) is 50.5 Å². The molecule has 2 atom stereocenters. The van der Waals surface area contributed by atoms with Crippen LogP contribution in [0.15, 0.2) is 42.5 Å². The first-order valence-corrected chi connectivity index (χ1v) is 12.2. The van der Waals surface area contributed by atoms with Gasteiger partial charge < -0.3 is 19.4 Å². The third-order valence-corrected chi connectivity index (χ3v) is 7.71. The normalized spacial score (nSPS) is 22.8. The molecule has 3 aliphatic heterocycles. The topological polar surface area (TPSA) is 19.0 Å². The minimum Gasteiger partial charge on any atom is -0.496 e. The summed E-state index contributed by atoms with van der Waals surface area (Å²) in [7, 11) is 4.03. The lowest BCUT2D eigenvalue weighted by Crippen LogP contribution is -2.46. The fraction of sp³-hybridized carbons (Fsp3) is 0.556. The number of hydrogen-bond donors (Lipinski definition) is 0. The van der Waals surface area contributed by atoms with Crippen molar-refractivity contribution in [3.8, 4) is 5.75 Å². The van der Waals surface area contributed by atoms with E-state index in [0.29, 0.717) is 12.0 Å². The van der Waals surface area contributed by atoms with Gasteiger partial charge in [0.15, 0.2) is 0 Å². The summed E-state index contributed by atoms with van der Waals surface area (Å²) in [5, 5.41) is 0. The largest absolute Gasteiger partial charge is 0.496 e. The molecule has 0 unspecified atom stereocenters. The maximum atomic E-state index is 5.50. The van der Waals surface area contributed by atoms with Gasteiger partial charge in [-0.1, -0.05) is 36.8 Å². The highest BCUT2D eigenvalue weighted by atomic mass is 16.5. The van der Waals surface area contributed by atoms with Crippen molar-refractivity contribution < 1.29 is 4.74 Å². The Morgan fingerprint density at radius 2 is 1.87 bits per heavy atom. The standard InChI is InChI=1S/C27H37N3O/c1-28-16-9-18-30-24-15-19-29(20-23(24)22-12-8-13-25(28)27(22)30)17-7-3-4-10-21-11-5-6-14-26(21)31-2/h5-6,8,11-14,23-24H,3-4,7,9-10,15-20H2,1-2H3/t23-,24-/m0/s1. The Morgan fingerprint density at radius 3 is 2.77 bits per heavy atom. The van der Waals surface area contributed by atoms with E-state index in [9.17, 15) is 0 Å². The molecule has 31 heavy (non-hydrogen) atoms. The van der Waals surface area contributed by atoms with E-state index in [1.165, 1.54) is 76.1 Å². The van der Waals surface area contributed by atoms with Crippen LogP contribution in [0.1, 0.15) is 49.1 Å². The SMILES string of the molecule is COc1ccccc1CCCCCN1CC[C@H]2[C@@H](C1)c1cccc3c1N2CCCN3C. The average Bonchev–Trinajstić information content (AvgIpc) is 3.01. The maximum Gasteiger partial charge on any atom is 0.122 e. The molecule has 166 valence electrons. The smallest absolute Gasteiger partial charge is 0.122 e. The van der Waals surface area contributed by atoms with Crippen molar-refractivity contribution in [3.63, 3.8) is 0 Å². The number of methoxy groups -OCH3 is 1. The second-order valence-corrected chi connectivity index (χ2v) is 9.57. The summed E-state index contributed by atoms with van der Waals surface area (Å²) >= 11 is 0. The summed E-state index contributed by atoms with van der Waals surface area (Å²) in [6.45, 7) is 6.12. The fourth-order valence-electron chi connectivity index (χ4n) is 6.14. The molecule has 0 bridgehead atoms. The number of para-hydroxylation sites is 2. The molecule has 3 heterocycles. The summed E-state index contributed by atoms with van der Waals surface area (Å²) in [5.74, 6) is 1.72. The van der Waals surface area contributed by atoms with Gasteiger partial charge in [-0.25, -0.2) is 0 Å². The zero-order chi connectivity index (χ0) is 21.2. The van der Waals surface area contributed by atoms with E-state index >= 15 is 0 Å². The summed E-state index contributed by atoms with van der Waals surface area (Å²) in [6, 6.07) is 16.2.